The van der Waals surface area contributed by atoms with Crippen LogP contribution >= 0.6 is 0 Å². The van der Waals surface area contributed by atoms with Crippen molar-refractivity contribution in [2.75, 3.05) is 0 Å². The van der Waals surface area contributed by atoms with E-state index < -0.39 is 0 Å². The molecule has 2 rings (SSSR count). The van der Waals surface area contributed by atoms with Crippen LogP contribution in [0.25, 0.3) is 0 Å². The summed E-state index contributed by atoms with van der Waals surface area (Å²) in [6.45, 7) is 14.6. The Labute approximate surface area is 153 Å². The van der Waals surface area contributed by atoms with Gasteiger partial charge < -0.3 is 4.74 Å². The van der Waals surface area contributed by atoms with Crippen LogP contribution in [0.1, 0.15) is 80.6 Å². The van der Waals surface area contributed by atoms with Gasteiger partial charge in [0, 0.05) is 12.3 Å². The third-order valence-corrected chi connectivity index (χ3v) is 6.47. The third kappa shape index (κ3) is 5.29. The van der Waals surface area contributed by atoms with Crippen molar-refractivity contribution >= 4 is 12.3 Å². The van der Waals surface area contributed by atoms with Crippen molar-refractivity contribution in [3.63, 3.8) is 0 Å². The Balaban J connectivity index is 0.000000260. The van der Waals surface area contributed by atoms with Gasteiger partial charge in [0.15, 0.2) is 0 Å². The van der Waals surface area contributed by atoms with E-state index in [1.807, 2.05) is 6.92 Å². The maximum absolute atomic E-state index is 11.0. The molecule has 0 aromatic carbocycles. The predicted octanol–water partition coefficient (Wildman–Crippen LogP) is 5.64. The first-order valence-electron chi connectivity index (χ1n) is 9.46. The van der Waals surface area contributed by atoms with E-state index in [4.69, 9.17) is 4.74 Å². The number of rotatable bonds is 5. The minimum absolute atomic E-state index is 0.125. The second kappa shape index (κ2) is 8.82. The molecule has 0 aromatic heterocycles. The molecule has 0 spiro atoms. The second-order valence-electron chi connectivity index (χ2n) is 8.68. The van der Waals surface area contributed by atoms with Crippen LogP contribution in [-0.4, -0.2) is 18.4 Å². The maximum atomic E-state index is 11.0. The number of allylic oxidation sites excluding steroid dienone is 4. The number of aldehydes is 1. The molecule has 2 bridgehead atoms. The Kier molecular flexibility index (Phi) is 7.64. The number of hydrogen-bond acceptors (Lipinski definition) is 3. The monoisotopic (exact) mass is 348 g/mol. The smallest absolute Gasteiger partial charge is 0.302 e. The van der Waals surface area contributed by atoms with Gasteiger partial charge in [0.1, 0.15) is 12.4 Å². The van der Waals surface area contributed by atoms with Crippen LogP contribution in [0, 0.1) is 16.7 Å². The van der Waals surface area contributed by atoms with Crippen LogP contribution in [-0.2, 0) is 14.3 Å². The van der Waals surface area contributed by atoms with Crippen molar-refractivity contribution in [3.05, 3.63) is 23.3 Å². The second-order valence-corrected chi connectivity index (χ2v) is 8.68. The molecule has 0 amide bonds. The van der Waals surface area contributed by atoms with E-state index in [0.717, 1.165) is 37.0 Å². The van der Waals surface area contributed by atoms with Crippen molar-refractivity contribution in [1.29, 1.82) is 0 Å². The Morgan fingerprint density at radius 1 is 1.16 bits per heavy atom. The molecule has 2 aliphatic rings. The van der Waals surface area contributed by atoms with Crippen molar-refractivity contribution in [2.45, 2.75) is 86.7 Å². The number of ether oxygens (including phenoxy) is 1. The molecule has 25 heavy (non-hydrogen) atoms. The molecule has 0 aromatic rings. The predicted molar refractivity (Wildman–Crippen MR) is 103 cm³/mol. The van der Waals surface area contributed by atoms with Crippen LogP contribution in [0.2, 0.25) is 0 Å². The van der Waals surface area contributed by atoms with Gasteiger partial charge in [-0.2, -0.15) is 0 Å². The molecule has 3 heteroatoms. The molecule has 2 aliphatic carbocycles. The highest BCUT2D eigenvalue weighted by Crippen LogP contribution is 2.66. The third-order valence-electron chi connectivity index (χ3n) is 6.47. The quantitative estimate of drug-likeness (QED) is 0.279. The van der Waals surface area contributed by atoms with Crippen molar-refractivity contribution in [1.82, 2.24) is 0 Å². The number of fused-ring (bicyclic) bond motifs is 2. The first-order valence-corrected chi connectivity index (χ1v) is 9.46. The summed E-state index contributed by atoms with van der Waals surface area (Å²) < 4.78 is 5.44. The first kappa shape index (κ1) is 21.7. The summed E-state index contributed by atoms with van der Waals surface area (Å²) in [7, 11) is 0. The molecular formula is C22H36O3. The van der Waals surface area contributed by atoms with Gasteiger partial charge in [0.05, 0.1) is 0 Å². The Morgan fingerprint density at radius 2 is 1.80 bits per heavy atom. The molecule has 3 unspecified atom stereocenters. The van der Waals surface area contributed by atoms with Crippen molar-refractivity contribution in [3.8, 4) is 0 Å². The minimum Gasteiger partial charge on any atom is -0.462 e. The average Bonchev–Trinajstić information content (AvgIpc) is 2.80. The zero-order chi connectivity index (χ0) is 19.3. The summed E-state index contributed by atoms with van der Waals surface area (Å²) in [6.07, 6.45) is 10.4. The summed E-state index contributed by atoms with van der Waals surface area (Å²) in [5.41, 5.74) is 3.04. The topological polar surface area (TPSA) is 43.4 Å². The summed E-state index contributed by atoms with van der Waals surface area (Å²) >= 11 is 0. The zero-order valence-corrected chi connectivity index (χ0v) is 17.1. The molecular weight excluding hydrogens is 312 g/mol. The lowest BCUT2D eigenvalue weighted by molar-refractivity contribution is -0.154. The SMILES string of the molecule is CC(=O)OC1CC2CCC1(C)C2(C)C.CC(C)=CCCC(C)=CC=O. The summed E-state index contributed by atoms with van der Waals surface area (Å²) in [5, 5.41) is 0. The van der Waals surface area contributed by atoms with Crippen molar-refractivity contribution < 1.29 is 14.3 Å². The fraction of sp³-hybridized carbons (Fsp3) is 0.727. The van der Waals surface area contributed by atoms with Crippen LogP contribution in [0.5, 0.6) is 0 Å². The van der Waals surface area contributed by atoms with E-state index in [1.165, 1.54) is 25.3 Å². The lowest BCUT2D eigenvalue weighted by Crippen LogP contribution is -2.37. The van der Waals surface area contributed by atoms with Gasteiger partial charge in [0.25, 0.3) is 0 Å². The van der Waals surface area contributed by atoms with E-state index in [9.17, 15) is 9.59 Å². The molecule has 0 heterocycles. The van der Waals surface area contributed by atoms with E-state index in [0.29, 0.717) is 5.41 Å². The normalized spacial score (nSPS) is 29.5. The highest BCUT2D eigenvalue weighted by Gasteiger charge is 2.62. The lowest BCUT2D eigenvalue weighted by atomic mass is 9.70. The Morgan fingerprint density at radius 3 is 2.20 bits per heavy atom. The largest absolute Gasteiger partial charge is 0.462 e. The Bertz CT molecular complexity index is 537. The average molecular weight is 349 g/mol. The fourth-order valence-corrected chi connectivity index (χ4v) is 4.30. The molecule has 3 atom stereocenters. The van der Waals surface area contributed by atoms with Gasteiger partial charge in [0.2, 0.25) is 0 Å². The fourth-order valence-electron chi connectivity index (χ4n) is 4.30. The van der Waals surface area contributed by atoms with Crippen LogP contribution in [0.15, 0.2) is 23.3 Å². The number of carbonyl (C=O) groups excluding carboxylic acids is 2. The number of esters is 1. The molecule has 0 saturated heterocycles. The zero-order valence-electron chi connectivity index (χ0n) is 17.1. The van der Waals surface area contributed by atoms with E-state index in [-0.39, 0.29) is 17.5 Å². The standard InChI is InChI=1S/C12H20O2.C10H16O/c1-8(13)14-10-7-9-5-6-12(10,4)11(9,2)3;1-9(2)5-4-6-10(3)7-8-11/h9-10H,5-7H2,1-4H3;5,7-8H,4,6H2,1-3H3. The summed E-state index contributed by atoms with van der Waals surface area (Å²) in [4.78, 5) is 21.0. The summed E-state index contributed by atoms with van der Waals surface area (Å²) in [5.74, 6) is 0.622. The molecule has 2 fully saturated rings. The first-order chi connectivity index (χ1) is 11.5. The van der Waals surface area contributed by atoms with Crippen LogP contribution in [0.4, 0.5) is 0 Å². The van der Waals surface area contributed by atoms with Gasteiger partial charge in [-0.05, 0) is 70.3 Å². The Hall–Kier alpha value is -1.38. The molecule has 142 valence electrons. The van der Waals surface area contributed by atoms with Gasteiger partial charge in [-0.3, -0.25) is 9.59 Å². The highest BCUT2D eigenvalue weighted by molar-refractivity contribution is 5.66. The number of hydrogen-bond donors (Lipinski definition) is 0. The van der Waals surface area contributed by atoms with Crippen LogP contribution in [0.3, 0.4) is 0 Å². The van der Waals surface area contributed by atoms with Gasteiger partial charge in [-0.25, -0.2) is 0 Å². The number of carbonyl (C=O) groups is 2. The van der Waals surface area contributed by atoms with Crippen LogP contribution < -0.4 is 0 Å². The van der Waals surface area contributed by atoms with Gasteiger partial charge in [-0.15, -0.1) is 0 Å². The van der Waals surface area contributed by atoms with Gasteiger partial charge in [-0.1, -0.05) is 38.0 Å². The lowest BCUT2D eigenvalue weighted by Gasteiger charge is -2.38. The minimum atomic E-state index is -0.125. The summed E-state index contributed by atoms with van der Waals surface area (Å²) in [6, 6.07) is 0. The molecule has 0 aliphatic heterocycles. The maximum Gasteiger partial charge on any atom is 0.302 e. The van der Waals surface area contributed by atoms with Gasteiger partial charge >= 0.3 is 5.97 Å². The van der Waals surface area contributed by atoms with E-state index in [2.05, 4.69) is 40.7 Å². The highest BCUT2D eigenvalue weighted by atomic mass is 16.5. The van der Waals surface area contributed by atoms with E-state index in [1.54, 1.807) is 6.08 Å². The molecule has 0 radical (unpaired) electrons. The molecule has 2 saturated carbocycles. The van der Waals surface area contributed by atoms with E-state index >= 15 is 0 Å². The molecule has 3 nitrogen and oxygen atoms in total. The van der Waals surface area contributed by atoms with Crippen molar-refractivity contribution in [2.24, 2.45) is 16.7 Å². The molecule has 0 N–H and O–H groups in total.